The van der Waals surface area contributed by atoms with Gasteiger partial charge in [-0.1, -0.05) is 13.3 Å². The maximum atomic E-state index is 13.9. The summed E-state index contributed by atoms with van der Waals surface area (Å²) >= 11 is 3.10. The second kappa shape index (κ2) is 5.86. The van der Waals surface area contributed by atoms with E-state index in [4.69, 9.17) is 5.26 Å². The predicted molar refractivity (Wildman–Crippen MR) is 67.0 cm³/mol. The zero-order valence-electron chi connectivity index (χ0n) is 9.43. The van der Waals surface area contributed by atoms with Gasteiger partial charge in [0.1, 0.15) is 6.07 Å². The molecule has 0 unspecified atom stereocenters. The number of benzene rings is 1. The summed E-state index contributed by atoms with van der Waals surface area (Å²) in [5, 5.41) is 8.75. The van der Waals surface area contributed by atoms with Crippen molar-refractivity contribution in [3.05, 3.63) is 28.0 Å². The number of hydrogen-bond acceptors (Lipinski definition) is 2. The van der Waals surface area contributed by atoms with Crippen LogP contribution in [0.1, 0.15) is 25.3 Å². The van der Waals surface area contributed by atoms with Gasteiger partial charge in [0.15, 0.2) is 5.82 Å². The highest BCUT2D eigenvalue weighted by molar-refractivity contribution is 9.10. The average molecular weight is 285 g/mol. The summed E-state index contributed by atoms with van der Waals surface area (Å²) in [6.45, 7) is 2.91. The highest BCUT2D eigenvalue weighted by Gasteiger charge is 2.13. The topological polar surface area (TPSA) is 27.0 Å². The molecule has 0 N–H and O–H groups in total. The Labute approximate surface area is 104 Å². The van der Waals surface area contributed by atoms with Gasteiger partial charge in [0.25, 0.3) is 0 Å². The summed E-state index contributed by atoms with van der Waals surface area (Å²) < 4.78 is 14.1. The number of nitriles is 1. The van der Waals surface area contributed by atoms with E-state index in [0.717, 1.165) is 19.4 Å². The van der Waals surface area contributed by atoms with Crippen LogP contribution in [0.15, 0.2) is 16.6 Å². The average Bonchev–Trinajstić information content (AvgIpc) is 2.29. The van der Waals surface area contributed by atoms with Crippen molar-refractivity contribution in [3.63, 3.8) is 0 Å². The van der Waals surface area contributed by atoms with Crippen molar-refractivity contribution in [1.82, 2.24) is 0 Å². The van der Waals surface area contributed by atoms with Crippen molar-refractivity contribution >= 4 is 21.6 Å². The predicted octanol–water partition coefficient (Wildman–Crippen LogP) is 3.70. The zero-order valence-corrected chi connectivity index (χ0v) is 11.0. The third-order valence-electron chi connectivity index (χ3n) is 2.44. The van der Waals surface area contributed by atoms with Gasteiger partial charge in [0.05, 0.1) is 15.7 Å². The number of halogens is 2. The zero-order chi connectivity index (χ0) is 12.1. The molecule has 0 bridgehead atoms. The minimum absolute atomic E-state index is 0.246. The monoisotopic (exact) mass is 284 g/mol. The molecule has 1 rings (SSSR count). The van der Waals surface area contributed by atoms with Crippen LogP contribution < -0.4 is 4.90 Å². The van der Waals surface area contributed by atoms with E-state index in [2.05, 4.69) is 22.9 Å². The van der Waals surface area contributed by atoms with Gasteiger partial charge in [-0.05, 0) is 34.5 Å². The van der Waals surface area contributed by atoms with Gasteiger partial charge in [-0.2, -0.15) is 5.26 Å². The molecule has 4 heteroatoms. The van der Waals surface area contributed by atoms with Gasteiger partial charge in [0, 0.05) is 13.6 Å². The first-order valence-electron chi connectivity index (χ1n) is 5.21. The van der Waals surface area contributed by atoms with E-state index in [0.29, 0.717) is 11.3 Å². The van der Waals surface area contributed by atoms with Crippen LogP contribution in [-0.2, 0) is 0 Å². The lowest BCUT2D eigenvalue weighted by Gasteiger charge is -2.20. The Bertz CT molecular complexity index is 412. The van der Waals surface area contributed by atoms with Crippen LogP contribution in [-0.4, -0.2) is 13.6 Å². The van der Waals surface area contributed by atoms with Gasteiger partial charge in [-0.25, -0.2) is 4.39 Å². The lowest BCUT2D eigenvalue weighted by molar-refractivity contribution is 0.613. The molecule has 0 saturated heterocycles. The molecule has 0 fully saturated rings. The molecular formula is C12H14BrFN2. The third kappa shape index (κ3) is 2.73. The number of rotatable bonds is 4. The molecule has 1 aromatic carbocycles. The van der Waals surface area contributed by atoms with Gasteiger partial charge in [0.2, 0.25) is 0 Å². The van der Waals surface area contributed by atoms with E-state index >= 15 is 0 Å². The van der Waals surface area contributed by atoms with Crippen LogP contribution in [0.2, 0.25) is 0 Å². The Kier molecular flexibility index (Phi) is 4.75. The molecule has 0 spiro atoms. The van der Waals surface area contributed by atoms with Crippen molar-refractivity contribution in [3.8, 4) is 6.07 Å². The van der Waals surface area contributed by atoms with E-state index in [1.807, 2.05) is 18.0 Å². The molecular weight excluding hydrogens is 271 g/mol. The first-order chi connectivity index (χ1) is 7.61. The fraction of sp³-hybridized carbons (Fsp3) is 0.417. The Morgan fingerprint density at radius 2 is 2.19 bits per heavy atom. The van der Waals surface area contributed by atoms with Crippen molar-refractivity contribution in [2.75, 3.05) is 18.5 Å². The second-order valence-corrected chi connectivity index (χ2v) is 4.44. The normalized spacial score (nSPS) is 9.94. The number of anilines is 1. The molecule has 1 aromatic rings. The molecule has 0 amide bonds. The first-order valence-corrected chi connectivity index (χ1v) is 6.00. The third-order valence-corrected chi connectivity index (χ3v) is 3.22. The Morgan fingerprint density at radius 1 is 1.50 bits per heavy atom. The molecule has 0 radical (unpaired) electrons. The maximum Gasteiger partial charge on any atom is 0.161 e. The summed E-state index contributed by atoms with van der Waals surface area (Å²) in [6, 6.07) is 5.22. The minimum Gasteiger partial charge on any atom is -0.372 e. The quantitative estimate of drug-likeness (QED) is 0.843. The van der Waals surface area contributed by atoms with Crippen molar-refractivity contribution in [1.29, 1.82) is 5.26 Å². The van der Waals surface area contributed by atoms with E-state index in [9.17, 15) is 4.39 Å². The minimum atomic E-state index is -0.363. The van der Waals surface area contributed by atoms with Gasteiger partial charge in [-0.3, -0.25) is 0 Å². The second-order valence-electron chi connectivity index (χ2n) is 3.65. The fourth-order valence-corrected chi connectivity index (χ4v) is 1.86. The summed E-state index contributed by atoms with van der Waals surface area (Å²) in [5.74, 6) is -0.363. The van der Waals surface area contributed by atoms with E-state index in [-0.39, 0.29) is 10.3 Å². The molecule has 0 saturated carbocycles. The van der Waals surface area contributed by atoms with Crippen LogP contribution in [0.4, 0.5) is 10.1 Å². The molecule has 16 heavy (non-hydrogen) atoms. The van der Waals surface area contributed by atoms with Crippen molar-refractivity contribution in [2.45, 2.75) is 19.8 Å². The molecule has 2 nitrogen and oxygen atoms in total. The van der Waals surface area contributed by atoms with E-state index < -0.39 is 0 Å². The number of nitrogens with zero attached hydrogens (tertiary/aromatic N) is 2. The highest BCUT2D eigenvalue weighted by Crippen LogP contribution is 2.28. The molecule has 0 heterocycles. The number of hydrogen-bond donors (Lipinski definition) is 0. The molecule has 0 aliphatic rings. The Balaban J connectivity index is 2.99. The first kappa shape index (κ1) is 13.0. The van der Waals surface area contributed by atoms with Crippen LogP contribution >= 0.6 is 15.9 Å². The summed E-state index contributed by atoms with van der Waals surface area (Å²) in [7, 11) is 1.85. The van der Waals surface area contributed by atoms with Gasteiger partial charge in [-0.15, -0.1) is 0 Å². The summed E-state index contributed by atoms with van der Waals surface area (Å²) in [4.78, 5) is 1.87. The van der Waals surface area contributed by atoms with Crippen molar-refractivity contribution in [2.24, 2.45) is 0 Å². The van der Waals surface area contributed by atoms with E-state index in [1.54, 1.807) is 12.1 Å². The Hall–Kier alpha value is -1.08. The molecule has 86 valence electrons. The van der Waals surface area contributed by atoms with Crippen LogP contribution in [0.25, 0.3) is 0 Å². The summed E-state index contributed by atoms with van der Waals surface area (Å²) in [5.41, 5.74) is 0.851. The summed E-state index contributed by atoms with van der Waals surface area (Å²) in [6.07, 6.45) is 2.09. The van der Waals surface area contributed by atoms with Crippen molar-refractivity contribution < 1.29 is 4.39 Å². The van der Waals surface area contributed by atoms with Gasteiger partial charge >= 0.3 is 0 Å². The smallest absolute Gasteiger partial charge is 0.161 e. The highest BCUT2D eigenvalue weighted by atomic mass is 79.9. The fourth-order valence-electron chi connectivity index (χ4n) is 1.44. The van der Waals surface area contributed by atoms with E-state index in [1.165, 1.54) is 0 Å². The largest absolute Gasteiger partial charge is 0.372 e. The standard InChI is InChI=1S/C12H14BrFN2/c1-3-4-7-16(2)10-6-5-9(8-15)11(13)12(10)14/h5-6H,3-4,7H2,1-2H3. The number of unbranched alkanes of at least 4 members (excludes halogenated alkanes) is 1. The molecule has 0 atom stereocenters. The van der Waals surface area contributed by atoms with Crippen LogP contribution in [0, 0.1) is 17.1 Å². The molecule has 0 aliphatic carbocycles. The molecule has 0 aromatic heterocycles. The van der Waals surface area contributed by atoms with Crippen LogP contribution in [0.3, 0.4) is 0 Å². The molecule has 0 aliphatic heterocycles. The lowest BCUT2D eigenvalue weighted by Crippen LogP contribution is -2.19. The lowest BCUT2D eigenvalue weighted by atomic mass is 10.2. The maximum absolute atomic E-state index is 13.9. The van der Waals surface area contributed by atoms with Gasteiger partial charge < -0.3 is 4.90 Å². The Morgan fingerprint density at radius 3 is 2.75 bits per heavy atom. The van der Waals surface area contributed by atoms with Crippen LogP contribution in [0.5, 0.6) is 0 Å². The SMILES string of the molecule is CCCCN(C)c1ccc(C#N)c(Br)c1F.